The highest BCUT2D eigenvalue weighted by Gasteiger charge is 2.33. The third-order valence-electron chi connectivity index (χ3n) is 6.01. The number of aromatic amines is 1. The van der Waals surface area contributed by atoms with Gasteiger partial charge >= 0.3 is 0 Å². The molecular weight excluding hydrogens is 352 g/mol. The Balaban J connectivity index is 1.77. The normalized spacial score (nSPS) is 19.8. The molecule has 4 rings (SSSR count). The number of nitrogens with one attached hydrogen (secondary N) is 2. The number of benzene rings is 1. The minimum atomic E-state index is 0.0151. The fraction of sp³-hybridized carbons (Fsp3) is 0.409. The molecule has 3 aromatic rings. The van der Waals surface area contributed by atoms with Gasteiger partial charge in [0.2, 0.25) is 0 Å². The van der Waals surface area contributed by atoms with Gasteiger partial charge in [0.25, 0.3) is 0 Å². The van der Waals surface area contributed by atoms with Crippen molar-refractivity contribution >= 4 is 16.8 Å². The Labute approximate surface area is 164 Å². The van der Waals surface area contributed by atoms with Crippen LogP contribution >= 0.6 is 0 Å². The zero-order chi connectivity index (χ0) is 19.7. The number of phenols is 1. The predicted octanol–water partition coefficient (Wildman–Crippen LogP) is 3.99. The largest absolute Gasteiger partial charge is 0.508 e. The average molecular weight is 378 g/mol. The molecule has 0 spiro atoms. The monoisotopic (exact) mass is 378 g/mol. The fourth-order valence-corrected chi connectivity index (χ4v) is 4.22. The maximum Gasteiger partial charge on any atom is 0.182 e. The maximum atomic E-state index is 13.4. The molecule has 1 aliphatic heterocycles. The second-order valence-electron chi connectivity index (χ2n) is 7.88. The van der Waals surface area contributed by atoms with E-state index in [0.717, 1.165) is 49.0 Å². The summed E-state index contributed by atoms with van der Waals surface area (Å²) in [5.41, 5.74) is 3.64. The van der Waals surface area contributed by atoms with E-state index in [9.17, 15) is 9.90 Å². The molecular formula is C22H26N4O2. The van der Waals surface area contributed by atoms with Crippen LogP contribution in [0.3, 0.4) is 0 Å². The number of piperidine rings is 1. The Morgan fingerprint density at radius 3 is 2.75 bits per heavy atom. The van der Waals surface area contributed by atoms with Crippen molar-refractivity contribution in [2.75, 3.05) is 13.1 Å². The van der Waals surface area contributed by atoms with Gasteiger partial charge in [-0.15, -0.1) is 0 Å². The van der Waals surface area contributed by atoms with Gasteiger partial charge in [-0.05, 0) is 68.5 Å². The summed E-state index contributed by atoms with van der Waals surface area (Å²) < 4.78 is 0. The molecule has 2 aromatic heterocycles. The minimum absolute atomic E-state index is 0.0151. The number of hydrogen-bond acceptors (Lipinski definition) is 5. The molecule has 0 saturated carbocycles. The van der Waals surface area contributed by atoms with Crippen molar-refractivity contribution in [3.05, 3.63) is 41.6 Å². The molecule has 1 saturated heterocycles. The summed E-state index contributed by atoms with van der Waals surface area (Å²) in [7, 11) is 0. The number of aromatic nitrogens is 3. The van der Waals surface area contributed by atoms with Crippen LogP contribution in [-0.4, -0.2) is 39.2 Å². The SMILES string of the molecule is CCC1(CC(=O)c2cc(-c3ccc(O)cc3)nc3n[nH]c(C)c23)CCCNC1. The summed E-state index contributed by atoms with van der Waals surface area (Å²) in [6.45, 7) is 6.01. The Hall–Kier alpha value is -2.73. The maximum absolute atomic E-state index is 13.4. The Kier molecular flexibility index (Phi) is 4.89. The van der Waals surface area contributed by atoms with E-state index in [2.05, 4.69) is 27.4 Å². The van der Waals surface area contributed by atoms with Gasteiger partial charge in [0.1, 0.15) is 5.75 Å². The Morgan fingerprint density at radius 2 is 2.07 bits per heavy atom. The van der Waals surface area contributed by atoms with E-state index in [0.29, 0.717) is 23.3 Å². The number of aryl methyl sites for hydroxylation is 1. The van der Waals surface area contributed by atoms with Gasteiger partial charge in [-0.25, -0.2) is 4.98 Å². The zero-order valence-corrected chi connectivity index (χ0v) is 16.4. The summed E-state index contributed by atoms with van der Waals surface area (Å²) in [5.74, 6) is 0.342. The summed E-state index contributed by atoms with van der Waals surface area (Å²) in [6, 6.07) is 8.72. The Bertz CT molecular complexity index is 1000. The van der Waals surface area contributed by atoms with Crippen LogP contribution in [0.15, 0.2) is 30.3 Å². The number of phenolic OH excluding ortho intramolecular Hbond substituents is 1. The number of fused-ring (bicyclic) bond motifs is 1. The number of rotatable bonds is 5. The molecule has 1 aromatic carbocycles. The molecule has 28 heavy (non-hydrogen) atoms. The lowest BCUT2D eigenvalue weighted by Crippen LogP contribution is -2.41. The number of aromatic hydroxyl groups is 1. The highest BCUT2D eigenvalue weighted by Crippen LogP contribution is 2.36. The number of Topliss-reactive ketones (excluding diaryl/α,β-unsaturated/α-hetero) is 1. The van der Waals surface area contributed by atoms with Crippen molar-refractivity contribution in [2.45, 2.75) is 39.5 Å². The van der Waals surface area contributed by atoms with Crippen LogP contribution < -0.4 is 5.32 Å². The van der Waals surface area contributed by atoms with Crippen molar-refractivity contribution in [3.63, 3.8) is 0 Å². The molecule has 6 heteroatoms. The van der Waals surface area contributed by atoms with Crippen molar-refractivity contribution in [3.8, 4) is 17.0 Å². The number of ketones is 1. The number of hydrogen-bond donors (Lipinski definition) is 3. The van der Waals surface area contributed by atoms with Gasteiger partial charge < -0.3 is 10.4 Å². The van der Waals surface area contributed by atoms with Crippen LogP contribution in [-0.2, 0) is 0 Å². The van der Waals surface area contributed by atoms with E-state index in [1.165, 1.54) is 0 Å². The molecule has 1 fully saturated rings. The standard InChI is InChI=1S/C22H26N4O2/c1-3-22(9-4-10-23-13-22)12-19(28)17-11-18(15-5-7-16(27)8-6-15)24-21-20(17)14(2)25-26-21/h5-8,11,23,27H,3-4,9-10,12-13H2,1-2H3,(H,24,25,26). The molecule has 6 nitrogen and oxygen atoms in total. The predicted molar refractivity (Wildman–Crippen MR) is 110 cm³/mol. The van der Waals surface area contributed by atoms with Crippen LogP contribution in [0, 0.1) is 12.3 Å². The summed E-state index contributed by atoms with van der Waals surface area (Å²) in [6.07, 6.45) is 3.69. The third kappa shape index (κ3) is 3.40. The Morgan fingerprint density at radius 1 is 1.29 bits per heavy atom. The van der Waals surface area contributed by atoms with Gasteiger partial charge in [-0.2, -0.15) is 5.10 Å². The minimum Gasteiger partial charge on any atom is -0.508 e. The van der Waals surface area contributed by atoms with Crippen LogP contribution in [0.2, 0.25) is 0 Å². The lowest BCUT2D eigenvalue weighted by molar-refractivity contribution is 0.0870. The highest BCUT2D eigenvalue weighted by atomic mass is 16.3. The summed E-state index contributed by atoms with van der Waals surface area (Å²) in [4.78, 5) is 18.1. The number of carbonyl (C=O) groups excluding carboxylic acids is 1. The van der Waals surface area contributed by atoms with Crippen LogP contribution in [0.1, 0.15) is 48.7 Å². The van der Waals surface area contributed by atoms with E-state index in [1.807, 2.05) is 13.0 Å². The van der Waals surface area contributed by atoms with Crippen molar-refractivity contribution in [2.24, 2.45) is 5.41 Å². The fourth-order valence-electron chi connectivity index (χ4n) is 4.22. The second kappa shape index (κ2) is 7.36. The number of pyridine rings is 1. The van der Waals surface area contributed by atoms with E-state index < -0.39 is 0 Å². The molecule has 3 N–H and O–H groups in total. The molecule has 3 heterocycles. The molecule has 1 atom stereocenters. The average Bonchev–Trinajstić information content (AvgIpc) is 3.09. The summed E-state index contributed by atoms with van der Waals surface area (Å²) in [5, 5.41) is 21.1. The quantitative estimate of drug-likeness (QED) is 0.584. The number of carbonyl (C=O) groups is 1. The van der Waals surface area contributed by atoms with Crippen LogP contribution in [0.5, 0.6) is 5.75 Å². The van der Waals surface area contributed by atoms with Gasteiger partial charge in [0.05, 0.1) is 11.1 Å². The molecule has 0 aliphatic carbocycles. The molecule has 1 unspecified atom stereocenters. The lowest BCUT2D eigenvalue weighted by atomic mass is 9.73. The molecule has 1 aliphatic rings. The van der Waals surface area contributed by atoms with Crippen molar-refractivity contribution in [1.82, 2.24) is 20.5 Å². The van der Waals surface area contributed by atoms with Gasteiger partial charge in [0.15, 0.2) is 11.4 Å². The third-order valence-corrected chi connectivity index (χ3v) is 6.01. The first-order valence-corrected chi connectivity index (χ1v) is 9.90. The second-order valence-corrected chi connectivity index (χ2v) is 7.88. The van der Waals surface area contributed by atoms with Gasteiger partial charge in [-0.1, -0.05) is 6.92 Å². The number of H-pyrrole nitrogens is 1. The first kappa shape index (κ1) is 18.6. The lowest BCUT2D eigenvalue weighted by Gasteiger charge is -2.36. The van der Waals surface area contributed by atoms with E-state index >= 15 is 0 Å². The van der Waals surface area contributed by atoms with Gasteiger partial charge in [-0.3, -0.25) is 9.89 Å². The van der Waals surface area contributed by atoms with Crippen molar-refractivity contribution < 1.29 is 9.90 Å². The first-order valence-electron chi connectivity index (χ1n) is 9.90. The molecule has 0 amide bonds. The van der Waals surface area contributed by atoms with Crippen molar-refractivity contribution in [1.29, 1.82) is 0 Å². The van der Waals surface area contributed by atoms with E-state index in [4.69, 9.17) is 0 Å². The smallest absolute Gasteiger partial charge is 0.182 e. The first-order chi connectivity index (χ1) is 13.5. The topological polar surface area (TPSA) is 90.9 Å². The van der Waals surface area contributed by atoms with E-state index in [-0.39, 0.29) is 16.9 Å². The van der Waals surface area contributed by atoms with Crippen LogP contribution in [0.4, 0.5) is 0 Å². The summed E-state index contributed by atoms with van der Waals surface area (Å²) >= 11 is 0. The molecule has 0 bridgehead atoms. The van der Waals surface area contributed by atoms with Gasteiger partial charge in [0, 0.05) is 29.8 Å². The number of nitrogens with zero attached hydrogens (tertiary/aromatic N) is 2. The molecule has 0 radical (unpaired) electrons. The van der Waals surface area contributed by atoms with E-state index in [1.54, 1.807) is 24.3 Å². The molecule has 146 valence electrons. The zero-order valence-electron chi connectivity index (χ0n) is 16.4. The van der Waals surface area contributed by atoms with Crippen LogP contribution in [0.25, 0.3) is 22.3 Å². The highest BCUT2D eigenvalue weighted by molar-refractivity contribution is 6.08.